The highest BCUT2D eigenvalue weighted by molar-refractivity contribution is 5.75. The molecule has 5 nitrogen and oxygen atoms in total. The Kier molecular flexibility index (Phi) is 4.05. The van der Waals surface area contributed by atoms with Gasteiger partial charge in [-0.3, -0.25) is 4.79 Å². The van der Waals surface area contributed by atoms with Crippen molar-refractivity contribution < 1.29 is 14.3 Å². The number of carbonyl (C=O) groups excluding carboxylic acids is 1. The van der Waals surface area contributed by atoms with Gasteiger partial charge in [-0.1, -0.05) is 6.07 Å². The largest absolute Gasteiger partial charge is 0.475 e. The number of esters is 1. The minimum atomic E-state index is -0.780. The van der Waals surface area contributed by atoms with E-state index in [1.807, 2.05) is 19.1 Å². The highest BCUT2D eigenvalue weighted by Gasteiger charge is 2.14. The number of methoxy groups -OCH3 is 1. The molecule has 0 fully saturated rings. The van der Waals surface area contributed by atoms with Gasteiger partial charge in [0.1, 0.15) is 12.6 Å². The Bertz CT molecular complexity index is 341. The maximum atomic E-state index is 11.0. The van der Waals surface area contributed by atoms with E-state index in [1.165, 1.54) is 7.11 Å². The first-order valence-corrected chi connectivity index (χ1v) is 4.53. The van der Waals surface area contributed by atoms with Gasteiger partial charge in [-0.05, 0) is 13.0 Å². The third-order valence-corrected chi connectivity index (χ3v) is 1.78. The molecule has 1 aromatic rings. The highest BCUT2D eigenvalue weighted by atomic mass is 16.5. The zero-order valence-corrected chi connectivity index (χ0v) is 8.77. The molecule has 82 valence electrons. The summed E-state index contributed by atoms with van der Waals surface area (Å²) in [6.45, 7) is 1.91. The van der Waals surface area contributed by atoms with Crippen LogP contribution in [0, 0.1) is 6.92 Å². The van der Waals surface area contributed by atoms with Gasteiger partial charge in [0.05, 0.1) is 7.11 Å². The lowest BCUT2D eigenvalue weighted by atomic mass is 10.3. The van der Waals surface area contributed by atoms with E-state index in [2.05, 4.69) is 9.72 Å². The zero-order chi connectivity index (χ0) is 11.3. The number of hydrogen-bond acceptors (Lipinski definition) is 5. The number of nitrogens with two attached hydrogens (primary N) is 1. The van der Waals surface area contributed by atoms with Crippen molar-refractivity contribution in [2.75, 3.05) is 13.7 Å². The summed E-state index contributed by atoms with van der Waals surface area (Å²) in [5.41, 5.74) is 6.33. The SMILES string of the molecule is COC(=O)C(N)COc1cccc(C)n1. The summed E-state index contributed by atoms with van der Waals surface area (Å²) in [6.07, 6.45) is 0. The lowest BCUT2D eigenvalue weighted by Gasteiger charge is -2.10. The molecular formula is C10H14N2O3. The molecule has 0 saturated carbocycles. The number of nitrogens with zero attached hydrogens (tertiary/aromatic N) is 1. The Balaban J connectivity index is 2.47. The van der Waals surface area contributed by atoms with Crippen molar-refractivity contribution in [1.29, 1.82) is 0 Å². The summed E-state index contributed by atoms with van der Waals surface area (Å²) in [5, 5.41) is 0. The van der Waals surface area contributed by atoms with Crippen LogP contribution in [-0.2, 0) is 9.53 Å². The molecule has 0 aliphatic heterocycles. The molecule has 0 spiro atoms. The Labute approximate surface area is 88.2 Å². The molecule has 0 aromatic carbocycles. The normalized spacial score (nSPS) is 11.9. The van der Waals surface area contributed by atoms with Gasteiger partial charge < -0.3 is 15.2 Å². The predicted molar refractivity (Wildman–Crippen MR) is 54.5 cm³/mol. The van der Waals surface area contributed by atoms with Gasteiger partial charge in [0.2, 0.25) is 5.88 Å². The van der Waals surface area contributed by atoms with E-state index in [9.17, 15) is 4.79 Å². The van der Waals surface area contributed by atoms with Crippen molar-refractivity contribution in [3.05, 3.63) is 23.9 Å². The molecule has 0 amide bonds. The second kappa shape index (κ2) is 5.31. The van der Waals surface area contributed by atoms with Crippen LogP contribution in [0.15, 0.2) is 18.2 Å². The first kappa shape index (κ1) is 11.5. The van der Waals surface area contributed by atoms with E-state index in [0.29, 0.717) is 5.88 Å². The minimum absolute atomic E-state index is 0.0587. The lowest BCUT2D eigenvalue weighted by Crippen LogP contribution is -2.37. The smallest absolute Gasteiger partial charge is 0.326 e. The average molecular weight is 210 g/mol. The van der Waals surface area contributed by atoms with Crippen molar-refractivity contribution in [3.63, 3.8) is 0 Å². The van der Waals surface area contributed by atoms with Crippen LogP contribution >= 0.6 is 0 Å². The fourth-order valence-corrected chi connectivity index (χ4v) is 0.993. The Morgan fingerprint density at radius 2 is 2.33 bits per heavy atom. The van der Waals surface area contributed by atoms with Gasteiger partial charge in [0, 0.05) is 11.8 Å². The molecule has 0 aliphatic carbocycles. The summed E-state index contributed by atoms with van der Waals surface area (Å²) >= 11 is 0. The van der Waals surface area contributed by atoms with Crippen LogP contribution in [0.3, 0.4) is 0 Å². The molecule has 0 saturated heterocycles. The van der Waals surface area contributed by atoms with Crippen LogP contribution in [0.2, 0.25) is 0 Å². The molecule has 1 heterocycles. The molecule has 1 atom stereocenters. The molecule has 0 bridgehead atoms. The van der Waals surface area contributed by atoms with E-state index in [-0.39, 0.29) is 6.61 Å². The fourth-order valence-electron chi connectivity index (χ4n) is 0.993. The monoisotopic (exact) mass is 210 g/mol. The molecule has 0 radical (unpaired) electrons. The Hall–Kier alpha value is -1.62. The summed E-state index contributed by atoms with van der Waals surface area (Å²) in [4.78, 5) is 15.1. The minimum Gasteiger partial charge on any atom is -0.475 e. The lowest BCUT2D eigenvalue weighted by molar-refractivity contribution is -0.142. The number of aryl methyl sites for hydroxylation is 1. The van der Waals surface area contributed by atoms with Crippen molar-refractivity contribution in [2.45, 2.75) is 13.0 Å². The van der Waals surface area contributed by atoms with E-state index >= 15 is 0 Å². The van der Waals surface area contributed by atoms with Crippen molar-refractivity contribution >= 4 is 5.97 Å². The molecule has 15 heavy (non-hydrogen) atoms. The van der Waals surface area contributed by atoms with E-state index in [1.54, 1.807) is 6.07 Å². The van der Waals surface area contributed by atoms with Crippen LogP contribution in [0.4, 0.5) is 0 Å². The second-order valence-corrected chi connectivity index (χ2v) is 3.06. The predicted octanol–water partition coefficient (Wildman–Crippen LogP) is 0.269. The van der Waals surface area contributed by atoms with E-state index in [0.717, 1.165) is 5.69 Å². The molecule has 1 rings (SSSR count). The van der Waals surface area contributed by atoms with Crippen molar-refractivity contribution in [3.8, 4) is 5.88 Å². The standard InChI is InChI=1S/C10H14N2O3/c1-7-4-3-5-9(12-7)15-6-8(11)10(13)14-2/h3-5,8H,6,11H2,1-2H3. The number of rotatable bonds is 4. The number of pyridine rings is 1. The Morgan fingerprint density at radius 3 is 2.93 bits per heavy atom. The summed E-state index contributed by atoms with van der Waals surface area (Å²) in [7, 11) is 1.28. The molecule has 5 heteroatoms. The van der Waals surface area contributed by atoms with Gasteiger partial charge in [0.25, 0.3) is 0 Å². The van der Waals surface area contributed by atoms with E-state index in [4.69, 9.17) is 10.5 Å². The topological polar surface area (TPSA) is 74.4 Å². The molecular weight excluding hydrogens is 196 g/mol. The number of carbonyl (C=O) groups is 1. The first-order valence-electron chi connectivity index (χ1n) is 4.53. The van der Waals surface area contributed by atoms with Gasteiger partial charge in [-0.2, -0.15) is 0 Å². The third kappa shape index (κ3) is 3.55. The average Bonchev–Trinajstić information content (AvgIpc) is 2.25. The maximum Gasteiger partial charge on any atom is 0.326 e. The highest BCUT2D eigenvalue weighted by Crippen LogP contribution is 2.06. The summed E-state index contributed by atoms with van der Waals surface area (Å²) in [6, 6.07) is 4.60. The third-order valence-electron chi connectivity index (χ3n) is 1.78. The quantitative estimate of drug-likeness (QED) is 0.722. The van der Waals surface area contributed by atoms with Crippen LogP contribution in [0.5, 0.6) is 5.88 Å². The molecule has 2 N–H and O–H groups in total. The second-order valence-electron chi connectivity index (χ2n) is 3.06. The number of hydrogen-bond donors (Lipinski definition) is 1. The van der Waals surface area contributed by atoms with Gasteiger partial charge >= 0.3 is 5.97 Å². The molecule has 1 unspecified atom stereocenters. The maximum absolute atomic E-state index is 11.0. The van der Waals surface area contributed by atoms with Crippen LogP contribution in [0.1, 0.15) is 5.69 Å². The number of aromatic nitrogens is 1. The van der Waals surface area contributed by atoms with Gasteiger partial charge in [-0.25, -0.2) is 4.98 Å². The van der Waals surface area contributed by atoms with Crippen LogP contribution in [-0.4, -0.2) is 30.7 Å². The summed E-state index contributed by atoms with van der Waals surface area (Å²) < 4.78 is 9.69. The summed E-state index contributed by atoms with van der Waals surface area (Å²) in [5.74, 6) is -0.0444. The Morgan fingerprint density at radius 1 is 1.60 bits per heavy atom. The van der Waals surface area contributed by atoms with Crippen LogP contribution < -0.4 is 10.5 Å². The van der Waals surface area contributed by atoms with Gasteiger partial charge in [0.15, 0.2) is 0 Å². The van der Waals surface area contributed by atoms with Gasteiger partial charge in [-0.15, -0.1) is 0 Å². The fraction of sp³-hybridized carbons (Fsp3) is 0.400. The zero-order valence-electron chi connectivity index (χ0n) is 8.77. The van der Waals surface area contributed by atoms with Crippen LogP contribution in [0.25, 0.3) is 0 Å². The molecule has 1 aromatic heterocycles. The molecule has 0 aliphatic rings. The van der Waals surface area contributed by atoms with Crippen molar-refractivity contribution in [1.82, 2.24) is 4.98 Å². The van der Waals surface area contributed by atoms with E-state index < -0.39 is 12.0 Å². The first-order chi connectivity index (χ1) is 7.13. The van der Waals surface area contributed by atoms with Crippen molar-refractivity contribution in [2.24, 2.45) is 5.73 Å². The number of ether oxygens (including phenoxy) is 2.